The lowest BCUT2D eigenvalue weighted by atomic mass is 9.72. The van der Waals surface area contributed by atoms with Crippen LogP contribution < -0.4 is 14.9 Å². The fourth-order valence-electron chi connectivity index (χ4n) is 3.55. The van der Waals surface area contributed by atoms with E-state index in [1.54, 1.807) is 6.07 Å². The highest BCUT2D eigenvalue weighted by atomic mass is 16.6. The van der Waals surface area contributed by atoms with Crippen LogP contribution >= 0.6 is 0 Å². The lowest BCUT2D eigenvalue weighted by molar-refractivity contribution is -0.130. The summed E-state index contributed by atoms with van der Waals surface area (Å²) in [7, 11) is 0. The molecule has 1 amide bonds. The van der Waals surface area contributed by atoms with Gasteiger partial charge in [-0.25, -0.2) is 5.43 Å². The van der Waals surface area contributed by atoms with Gasteiger partial charge in [0, 0.05) is 5.71 Å². The second-order valence-electron chi connectivity index (χ2n) is 7.37. The van der Waals surface area contributed by atoms with Crippen LogP contribution in [0.4, 0.5) is 0 Å². The minimum absolute atomic E-state index is 0.204. The first kappa shape index (κ1) is 15.8. The van der Waals surface area contributed by atoms with E-state index in [1.165, 1.54) is 6.42 Å². The highest BCUT2D eigenvalue weighted by molar-refractivity contribution is 5.88. The van der Waals surface area contributed by atoms with E-state index in [0.717, 1.165) is 18.6 Å². The summed E-state index contributed by atoms with van der Waals surface area (Å²) in [6.07, 6.45) is 2.39. The third-order valence-electron chi connectivity index (χ3n) is 4.29. The average molecular weight is 316 g/mol. The molecule has 0 radical (unpaired) electrons. The monoisotopic (exact) mass is 316 g/mol. The number of hydrogen-bond acceptors (Lipinski definition) is 4. The van der Waals surface area contributed by atoms with Gasteiger partial charge in [-0.05, 0) is 42.7 Å². The van der Waals surface area contributed by atoms with Gasteiger partial charge in [-0.2, -0.15) is 5.10 Å². The maximum absolute atomic E-state index is 12.3. The van der Waals surface area contributed by atoms with Crippen molar-refractivity contribution in [3.05, 3.63) is 24.3 Å². The molecule has 1 aliphatic heterocycles. The van der Waals surface area contributed by atoms with Crippen LogP contribution in [0.1, 0.15) is 40.0 Å². The molecule has 1 aromatic rings. The number of hydrazone groups is 1. The Kier molecular flexibility index (Phi) is 4.28. The molecule has 124 valence electrons. The minimum atomic E-state index is -0.664. The third kappa shape index (κ3) is 3.84. The molecule has 1 aliphatic carbocycles. The van der Waals surface area contributed by atoms with Crippen molar-refractivity contribution >= 4 is 11.6 Å². The lowest BCUT2D eigenvalue weighted by Crippen LogP contribution is -2.43. The van der Waals surface area contributed by atoms with E-state index < -0.39 is 6.10 Å². The molecular weight excluding hydrogens is 292 g/mol. The zero-order valence-electron chi connectivity index (χ0n) is 14.0. The summed E-state index contributed by atoms with van der Waals surface area (Å²) in [4.78, 5) is 12.3. The van der Waals surface area contributed by atoms with E-state index in [1.807, 2.05) is 18.2 Å². The maximum atomic E-state index is 12.3. The van der Waals surface area contributed by atoms with E-state index in [0.29, 0.717) is 17.4 Å². The molecule has 2 aliphatic rings. The van der Waals surface area contributed by atoms with Crippen LogP contribution in [-0.4, -0.2) is 24.3 Å². The van der Waals surface area contributed by atoms with Crippen molar-refractivity contribution in [3.8, 4) is 11.5 Å². The van der Waals surface area contributed by atoms with E-state index in [2.05, 4.69) is 31.3 Å². The molecule has 0 saturated heterocycles. The summed E-state index contributed by atoms with van der Waals surface area (Å²) in [6.45, 7) is 6.92. The first-order valence-corrected chi connectivity index (χ1v) is 8.17. The topological polar surface area (TPSA) is 59.9 Å². The third-order valence-corrected chi connectivity index (χ3v) is 4.29. The molecule has 1 fully saturated rings. The molecule has 0 spiro atoms. The molecule has 0 unspecified atom stereocenters. The van der Waals surface area contributed by atoms with Gasteiger partial charge in [-0.15, -0.1) is 0 Å². The van der Waals surface area contributed by atoms with Gasteiger partial charge in [0.1, 0.15) is 6.61 Å². The molecule has 5 heteroatoms. The highest BCUT2D eigenvalue weighted by Gasteiger charge is 2.31. The Morgan fingerprint density at radius 3 is 2.78 bits per heavy atom. The summed E-state index contributed by atoms with van der Waals surface area (Å²) in [5.74, 6) is 1.60. The minimum Gasteiger partial charge on any atom is -0.485 e. The molecular formula is C18H24N2O3. The summed E-state index contributed by atoms with van der Waals surface area (Å²) in [5, 5.41) is 4.34. The van der Waals surface area contributed by atoms with E-state index in [-0.39, 0.29) is 17.9 Å². The fourth-order valence-corrected chi connectivity index (χ4v) is 3.55. The number of ether oxygens (including phenoxy) is 2. The number of rotatable bonds is 2. The molecule has 3 rings (SSSR count). The Balaban J connectivity index is 1.61. The highest BCUT2D eigenvalue weighted by Crippen LogP contribution is 2.37. The Morgan fingerprint density at radius 1 is 1.30 bits per heavy atom. The van der Waals surface area contributed by atoms with Gasteiger partial charge in [0.15, 0.2) is 11.5 Å². The fraction of sp³-hybridized carbons (Fsp3) is 0.556. The zero-order valence-corrected chi connectivity index (χ0v) is 14.0. The number of fused-ring (bicyclic) bond motifs is 1. The van der Waals surface area contributed by atoms with E-state index in [9.17, 15) is 4.79 Å². The Bertz CT molecular complexity index is 624. The van der Waals surface area contributed by atoms with E-state index in [4.69, 9.17) is 9.47 Å². The summed E-state index contributed by atoms with van der Waals surface area (Å²) < 4.78 is 11.3. The number of nitrogens with zero attached hydrogens (tertiary/aromatic N) is 1. The molecule has 1 saturated carbocycles. The first-order chi connectivity index (χ1) is 10.9. The number of para-hydroxylation sites is 2. The van der Waals surface area contributed by atoms with Gasteiger partial charge < -0.3 is 9.47 Å². The van der Waals surface area contributed by atoms with Gasteiger partial charge >= 0.3 is 0 Å². The quantitative estimate of drug-likeness (QED) is 0.853. The van der Waals surface area contributed by atoms with Crippen LogP contribution in [0.3, 0.4) is 0 Å². The van der Waals surface area contributed by atoms with Crippen molar-refractivity contribution in [1.29, 1.82) is 0 Å². The molecule has 0 aromatic heterocycles. The van der Waals surface area contributed by atoms with Gasteiger partial charge in [0.25, 0.3) is 5.91 Å². The summed E-state index contributed by atoms with van der Waals surface area (Å²) >= 11 is 0. The molecule has 1 heterocycles. The number of carbonyl (C=O) groups excluding carboxylic acids is 1. The van der Waals surface area contributed by atoms with Crippen LogP contribution in [0.2, 0.25) is 0 Å². The number of nitrogens with one attached hydrogen (secondary N) is 1. The number of amides is 1. The van der Waals surface area contributed by atoms with Crippen LogP contribution in [-0.2, 0) is 4.79 Å². The Labute approximate surface area is 137 Å². The van der Waals surface area contributed by atoms with Crippen LogP contribution in [0.5, 0.6) is 11.5 Å². The standard InChI is InChI=1S/C18H24N2O3/c1-12-8-13(10-18(2,3)9-12)19-20-17(21)16-11-22-14-6-4-5-7-15(14)23-16/h4-7,12,16H,8-11H2,1-3H3,(H,20,21)/b19-13-/t12-,16+/m0/s1. The van der Waals surface area contributed by atoms with Crippen molar-refractivity contribution in [1.82, 2.24) is 5.43 Å². The van der Waals surface area contributed by atoms with Crippen molar-refractivity contribution < 1.29 is 14.3 Å². The Morgan fingerprint density at radius 2 is 2.04 bits per heavy atom. The predicted molar refractivity (Wildman–Crippen MR) is 88.7 cm³/mol. The molecule has 5 nitrogen and oxygen atoms in total. The number of benzene rings is 1. The zero-order chi connectivity index (χ0) is 16.4. The lowest BCUT2D eigenvalue weighted by Gasteiger charge is -2.34. The molecule has 2 atom stereocenters. The summed E-state index contributed by atoms with van der Waals surface area (Å²) in [6, 6.07) is 7.36. The van der Waals surface area contributed by atoms with Gasteiger partial charge in [0.2, 0.25) is 6.10 Å². The predicted octanol–water partition coefficient (Wildman–Crippen LogP) is 3.14. The van der Waals surface area contributed by atoms with Crippen LogP contribution in [0.15, 0.2) is 29.4 Å². The first-order valence-electron chi connectivity index (χ1n) is 8.17. The van der Waals surface area contributed by atoms with Gasteiger partial charge in [-0.3, -0.25) is 4.79 Å². The van der Waals surface area contributed by atoms with Gasteiger partial charge in [-0.1, -0.05) is 32.9 Å². The average Bonchev–Trinajstić information content (AvgIpc) is 2.50. The van der Waals surface area contributed by atoms with Crippen molar-refractivity contribution in [2.45, 2.75) is 46.1 Å². The van der Waals surface area contributed by atoms with Crippen molar-refractivity contribution in [3.63, 3.8) is 0 Å². The largest absolute Gasteiger partial charge is 0.485 e. The second-order valence-corrected chi connectivity index (χ2v) is 7.37. The molecule has 1 N–H and O–H groups in total. The van der Waals surface area contributed by atoms with Crippen LogP contribution in [0.25, 0.3) is 0 Å². The maximum Gasteiger partial charge on any atom is 0.284 e. The molecule has 23 heavy (non-hydrogen) atoms. The number of hydrogen-bond donors (Lipinski definition) is 1. The second kappa shape index (κ2) is 6.22. The Hall–Kier alpha value is -2.04. The van der Waals surface area contributed by atoms with Crippen LogP contribution in [0, 0.1) is 11.3 Å². The normalized spacial score (nSPS) is 27.5. The van der Waals surface area contributed by atoms with Gasteiger partial charge in [0.05, 0.1) is 0 Å². The molecule has 0 bridgehead atoms. The van der Waals surface area contributed by atoms with Crippen molar-refractivity contribution in [2.75, 3.05) is 6.61 Å². The SMILES string of the molecule is C[C@H]1C/C(=N/NC(=O)[C@H]2COc3ccccc3O2)CC(C)(C)C1. The van der Waals surface area contributed by atoms with E-state index >= 15 is 0 Å². The molecule has 1 aromatic carbocycles. The summed E-state index contributed by atoms with van der Waals surface area (Å²) in [5.41, 5.74) is 3.95. The number of carbonyl (C=O) groups is 1. The van der Waals surface area contributed by atoms with Crippen molar-refractivity contribution in [2.24, 2.45) is 16.4 Å². The smallest absolute Gasteiger partial charge is 0.284 e.